The number of hydrogen-bond acceptors (Lipinski definition) is 4. The molecule has 1 fully saturated rings. The van der Waals surface area contributed by atoms with E-state index in [0.29, 0.717) is 24.6 Å². The fourth-order valence-corrected chi connectivity index (χ4v) is 2.11. The van der Waals surface area contributed by atoms with E-state index < -0.39 is 0 Å². The summed E-state index contributed by atoms with van der Waals surface area (Å²) in [7, 11) is 0. The van der Waals surface area contributed by atoms with E-state index in [1.807, 2.05) is 6.92 Å². The highest BCUT2D eigenvalue weighted by Gasteiger charge is 2.17. The van der Waals surface area contributed by atoms with Gasteiger partial charge in [-0.05, 0) is 31.2 Å². The maximum Gasteiger partial charge on any atom is 0.220 e. The van der Waals surface area contributed by atoms with Crippen LogP contribution in [0.3, 0.4) is 0 Å². The summed E-state index contributed by atoms with van der Waals surface area (Å²) in [6.07, 6.45) is 0.481. The van der Waals surface area contributed by atoms with E-state index in [4.69, 9.17) is 4.74 Å². The van der Waals surface area contributed by atoms with Gasteiger partial charge in [0.05, 0.1) is 6.61 Å². The number of carbonyl (C=O) groups is 2. The van der Waals surface area contributed by atoms with Gasteiger partial charge in [-0.3, -0.25) is 9.59 Å². The number of amides is 1. The number of benzene rings is 1. The molecule has 0 aliphatic carbocycles. The van der Waals surface area contributed by atoms with Crippen molar-refractivity contribution in [3.8, 4) is 5.75 Å². The molecule has 2 rings (SSSR count). The third-order valence-electron chi connectivity index (χ3n) is 3.52. The van der Waals surface area contributed by atoms with Crippen molar-refractivity contribution in [2.75, 3.05) is 26.2 Å². The van der Waals surface area contributed by atoms with Crippen LogP contribution in [-0.2, 0) is 4.79 Å². The lowest BCUT2D eigenvalue weighted by atomic mass is 10.0. The molecule has 0 atom stereocenters. The topological polar surface area (TPSA) is 67.4 Å². The summed E-state index contributed by atoms with van der Waals surface area (Å²) in [6.45, 7) is 5.14. The van der Waals surface area contributed by atoms with Crippen molar-refractivity contribution < 1.29 is 14.3 Å². The van der Waals surface area contributed by atoms with Crippen molar-refractivity contribution in [1.29, 1.82) is 0 Å². The molecule has 0 aromatic heterocycles. The van der Waals surface area contributed by atoms with Gasteiger partial charge in [0.25, 0.3) is 0 Å². The molecule has 1 saturated heterocycles. The predicted molar refractivity (Wildman–Crippen MR) is 87.8 cm³/mol. The Bertz CT molecular complexity index is 487. The second-order valence-electron chi connectivity index (χ2n) is 5.21. The summed E-state index contributed by atoms with van der Waals surface area (Å²) in [5.41, 5.74) is 0.620. The maximum absolute atomic E-state index is 12.0. The number of rotatable bonds is 8. The molecule has 1 aliphatic rings. The van der Waals surface area contributed by atoms with Crippen molar-refractivity contribution in [2.45, 2.75) is 19.8 Å². The van der Waals surface area contributed by atoms with Crippen LogP contribution in [0.4, 0.5) is 0 Å². The molecule has 122 valence electrons. The van der Waals surface area contributed by atoms with E-state index in [0.717, 1.165) is 18.8 Å². The Kier molecular flexibility index (Phi) is 7.91. The highest BCUT2D eigenvalue weighted by molar-refractivity contribution is 5.98. The first-order valence-corrected chi connectivity index (χ1v) is 7.42. The molecule has 0 spiro atoms. The van der Waals surface area contributed by atoms with Gasteiger partial charge in [0, 0.05) is 44.0 Å². The van der Waals surface area contributed by atoms with E-state index >= 15 is 0 Å². The SMILES string of the molecule is CCOc1ccc(C(=O)CCC(=O)NCC2CNC2)cc1.Cl. The molecule has 0 unspecified atom stereocenters. The fraction of sp³-hybridized carbons (Fsp3) is 0.500. The van der Waals surface area contributed by atoms with Crippen LogP contribution >= 0.6 is 12.4 Å². The lowest BCUT2D eigenvalue weighted by Gasteiger charge is -2.27. The molecule has 1 aromatic rings. The van der Waals surface area contributed by atoms with E-state index in [2.05, 4.69) is 10.6 Å². The second kappa shape index (κ2) is 9.43. The van der Waals surface area contributed by atoms with Crippen molar-refractivity contribution in [3.05, 3.63) is 29.8 Å². The summed E-state index contributed by atoms with van der Waals surface area (Å²) in [4.78, 5) is 23.7. The molecule has 1 heterocycles. The van der Waals surface area contributed by atoms with Crippen molar-refractivity contribution in [3.63, 3.8) is 0 Å². The van der Waals surface area contributed by atoms with Gasteiger partial charge in [-0.25, -0.2) is 0 Å². The van der Waals surface area contributed by atoms with Crippen molar-refractivity contribution in [2.24, 2.45) is 5.92 Å². The third-order valence-corrected chi connectivity index (χ3v) is 3.52. The smallest absolute Gasteiger partial charge is 0.220 e. The Balaban J connectivity index is 0.00000242. The number of hydrogen-bond donors (Lipinski definition) is 2. The van der Waals surface area contributed by atoms with E-state index in [1.54, 1.807) is 24.3 Å². The lowest BCUT2D eigenvalue weighted by Crippen LogP contribution is -2.48. The van der Waals surface area contributed by atoms with Crippen LogP contribution in [0.2, 0.25) is 0 Å². The Hall–Kier alpha value is -1.59. The van der Waals surface area contributed by atoms with E-state index in [1.165, 1.54) is 0 Å². The third kappa shape index (κ3) is 5.66. The van der Waals surface area contributed by atoms with Gasteiger partial charge in [-0.15, -0.1) is 12.4 Å². The average Bonchev–Trinajstić information content (AvgIpc) is 2.44. The molecule has 0 saturated carbocycles. The number of carbonyl (C=O) groups excluding carboxylic acids is 2. The van der Waals surface area contributed by atoms with Crippen LogP contribution in [0.1, 0.15) is 30.1 Å². The normalized spacial score (nSPS) is 13.7. The maximum atomic E-state index is 12.0. The minimum absolute atomic E-state index is 0. The van der Waals surface area contributed by atoms with Gasteiger partial charge >= 0.3 is 0 Å². The zero-order valence-corrected chi connectivity index (χ0v) is 13.6. The van der Waals surface area contributed by atoms with Crippen LogP contribution in [-0.4, -0.2) is 37.9 Å². The Labute approximate surface area is 137 Å². The molecular weight excluding hydrogens is 304 g/mol. The quantitative estimate of drug-likeness (QED) is 0.715. The van der Waals surface area contributed by atoms with Crippen LogP contribution in [0.15, 0.2) is 24.3 Å². The number of halogens is 1. The van der Waals surface area contributed by atoms with Crippen LogP contribution in [0.5, 0.6) is 5.75 Å². The summed E-state index contributed by atoms with van der Waals surface area (Å²) < 4.78 is 5.33. The van der Waals surface area contributed by atoms with Gasteiger partial charge in [0.1, 0.15) is 5.75 Å². The van der Waals surface area contributed by atoms with Crippen LogP contribution in [0, 0.1) is 5.92 Å². The lowest BCUT2D eigenvalue weighted by molar-refractivity contribution is -0.121. The molecule has 1 amide bonds. The average molecular weight is 327 g/mol. The molecular formula is C16H23ClN2O3. The number of ether oxygens (including phenoxy) is 1. The molecule has 0 radical (unpaired) electrons. The first-order valence-electron chi connectivity index (χ1n) is 7.42. The zero-order valence-electron chi connectivity index (χ0n) is 12.8. The highest BCUT2D eigenvalue weighted by atomic mass is 35.5. The molecule has 0 bridgehead atoms. The highest BCUT2D eigenvalue weighted by Crippen LogP contribution is 2.14. The monoisotopic (exact) mass is 326 g/mol. The largest absolute Gasteiger partial charge is 0.494 e. The second-order valence-corrected chi connectivity index (χ2v) is 5.21. The first kappa shape index (κ1) is 18.5. The molecule has 1 aromatic carbocycles. The minimum Gasteiger partial charge on any atom is -0.494 e. The van der Waals surface area contributed by atoms with Gasteiger partial charge in [0.15, 0.2) is 5.78 Å². The molecule has 5 nitrogen and oxygen atoms in total. The van der Waals surface area contributed by atoms with Crippen LogP contribution in [0.25, 0.3) is 0 Å². The number of Topliss-reactive ketones (excluding diaryl/α,β-unsaturated/α-hetero) is 1. The van der Waals surface area contributed by atoms with Crippen molar-refractivity contribution >= 4 is 24.1 Å². The standard InChI is InChI=1S/C16H22N2O3.ClH/c1-2-21-14-5-3-13(4-6-14)15(19)7-8-16(20)18-11-12-9-17-10-12;/h3-6,12,17H,2,7-11H2,1H3,(H,18,20);1H. The number of nitrogens with one attached hydrogen (secondary N) is 2. The minimum atomic E-state index is -0.0545. The summed E-state index contributed by atoms with van der Waals surface area (Å²) in [6, 6.07) is 7.04. The summed E-state index contributed by atoms with van der Waals surface area (Å²) in [5, 5.41) is 6.02. The van der Waals surface area contributed by atoms with Gasteiger partial charge in [-0.1, -0.05) is 0 Å². The van der Waals surface area contributed by atoms with E-state index in [9.17, 15) is 9.59 Å². The van der Waals surface area contributed by atoms with Gasteiger partial charge in [-0.2, -0.15) is 0 Å². The Morgan fingerprint density at radius 3 is 2.45 bits per heavy atom. The van der Waals surface area contributed by atoms with Gasteiger partial charge in [0.2, 0.25) is 5.91 Å². The van der Waals surface area contributed by atoms with Crippen LogP contribution < -0.4 is 15.4 Å². The molecule has 2 N–H and O–H groups in total. The molecule has 1 aliphatic heterocycles. The predicted octanol–water partition coefficient (Wildman–Crippen LogP) is 1.81. The summed E-state index contributed by atoms with van der Waals surface area (Å²) in [5.74, 6) is 1.22. The molecule has 6 heteroatoms. The van der Waals surface area contributed by atoms with E-state index in [-0.39, 0.29) is 36.9 Å². The fourth-order valence-electron chi connectivity index (χ4n) is 2.11. The Morgan fingerprint density at radius 1 is 1.23 bits per heavy atom. The zero-order chi connectivity index (χ0) is 15.1. The van der Waals surface area contributed by atoms with Gasteiger partial charge < -0.3 is 15.4 Å². The van der Waals surface area contributed by atoms with Crippen molar-refractivity contribution in [1.82, 2.24) is 10.6 Å². The first-order chi connectivity index (χ1) is 10.2. The Morgan fingerprint density at radius 2 is 1.91 bits per heavy atom. The summed E-state index contributed by atoms with van der Waals surface area (Å²) >= 11 is 0. The molecule has 22 heavy (non-hydrogen) atoms. The number of ketones is 1.